The molecule has 0 aromatic heterocycles. The first-order valence-electron chi connectivity index (χ1n) is 8.62. The second-order valence-electron chi connectivity index (χ2n) is 6.86. The molecule has 1 aromatic carbocycles. The van der Waals surface area contributed by atoms with Gasteiger partial charge < -0.3 is 10.0 Å². The first-order chi connectivity index (χ1) is 10.7. The molecule has 2 heterocycles. The molecule has 2 fully saturated rings. The van der Waals surface area contributed by atoms with Crippen LogP contribution in [0.25, 0.3) is 6.08 Å². The van der Waals surface area contributed by atoms with Gasteiger partial charge in [0, 0.05) is 26.2 Å². The maximum atomic E-state index is 10.8. The highest BCUT2D eigenvalue weighted by molar-refractivity contribution is 5.48. The number of β-amino-alcohol motifs (C(OH)–C–C–N with tert-alkyl or cyclic N) is 1. The molecule has 0 spiro atoms. The van der Waals surface area contributed by atoms with E-state index in [1.807, 2.05) is 6.07 Å². The Balaban J connectivity index is 1.46. The summed E-state index contributed by atoms with van der Waals surface area (Å²) < 4.78 is 0. The average molecular weight is 300 g/mol. The number of piperidine rings is 1. The Morgan fingerprint density at radius 1 is 1.00 bits per heavy atom. The van der Waals surface area contributed by atoms with Crippen molar-refractivity contribution in [3.63, 3.8) is 0 Å². The molecular weight excluding hydrogens is 272 g/mol. The van der Waals surface area contributed by atoms with Crippen LogP contribution in [0.5, 0.6) is 0 Å². The van der Waals surface area contributed by atoms with Crippen LogP contribution in [-0.2, 0) is 0 Å². The van der Waals surface area contributed by atoms with E-state index < -0.39 is 5.60 Å². The zero-order valence-electron chi connectivity index (χ0n) is 13.5. The molecule has 3 rings (SSSR count). The third-order valence-corrected chi connectivity index (χ3v) is 4.85. The number of aliphatic hydroxyl groups is 1. The molecule has 1 N–H and O–H groups in total. The summed E-state index contributed by atoms with van der Waals surface area (Å²) in [6.07, 6.45) is 9.22. The lowest BCUT2D eigenvalue weighted by atomic mass is 10.0. The van der Waals surface area contributed by atoms with Crippen LogP contribution in [0.2, 0.25) is 0 Å². The van der Waals surface area contributed by atoms with E-state index in [1.54, 1.807) is 0 Å². The molecule has 2 aliphatic rings. The van der Waals surface area contributed by atoms with E-state index in [1.165, 1.54) is 24.8 Å². The van der Waals surface area contributed by atoms with E-state index in [4.69, 9.17) is 0 Å². The van der Waals surface area contributed by atoms with Crippen molar-refractivity contribution in [1.82, 2.24) is 9.80 Å². The van der Waals surface area contributed by atoms with Crippen LogP contribution >= 0.6 is 0 Å². The lowest BCUT2D eigenvalue weighted by molar-refractivity contribution is 0.00771. The van der Waals surface area contributed by atoms with Crippen LogP contribution in [0.1, 0.15) is 31.2 Å². The highest BCUT2D eigenvalue weighted by atomic mass is 16.3. The largest absolute Gasteiger partial charge is 0.387 e. The van der Waals surface area contributed by atoms with Crippen molar-refractivity contribution in [2.75, 3.05) is 39.3 Å². The second-order valence-corrected chi connectivity index (χ2v) is 6.86. The van der Waals surface area contributed by atoms with Crippen molar-refractivity contribution in [2.45, 2.75) is 31.3 Å². The Kier molecular flexibility index (Phi) is 5.29. The van der Waals surface area contributed by atoms with Crippen molar-refractivity contribution < 1.29 is 5.11 Å². The van der Waals surface area contributed by atoms with E-state index >= 15 is 0 Å². The summed E-state index contributed by atoms with van der Waals surface area (Å²) in [7, 11) is 0. The number of likely N-dealkylation sites (tertiary alicyclic amines) is 2. The molecule has 1 atom stereocenters. The summed E-state index contributed by atoms with van der Waals surface area (Å²) in [5, 5.41) is 10.8. The van der Waals surface area contributed by atoms with Crippen LogP contribution in [0.15, 0.2) is 36.4 Å². The van der Waals surface area contributed by atoms with Gasteiger partial charge in [-0.2, -0.15) is 0 Å². The zero-order valence-corrected chi connectivity index (χ0v) is 13.5. The molecule has 0 radical (unpaired) electrons. The Labute approximate surface area is 134 Å². The van der Waals surface area contributed by atoms with Crippen LogP contribution in [0, 0.1) is 0 Å². The third kappa shape index (κ3) is 4.42. The summed E-state index contributed by atoms with van der Waals surface area (Å²) in [5.41, 5.74) is 0.739. The second kappa shape index (κ2) is 7.40. The number of hydrogen-bond acceptors (Lipinski definition) is 3. The van der Waals surface area contributed by atoms with Crippen molar-refractivity contribution in [3.05, 3.63) is 42.0 Å². The highest BCUT2D eigenvalue weighted by Crippen LogP contribution is 2.24. The van der Waals surface area contributed by atoms with Gasteiger partial charge in [-0.3, -0.25) is 4.90 Å². The van der Waals surface area contributed by atoms with Gasteiger partial charge in [-0.05, 0) is 37.9 Å². The average Bonchev–Trinajstić information content (AvgIpc) is 2.90. The molecule has 0 bridgehead atoms. The molecule has 1 aromatic rings. The van der Waals surface area contributed by atoms with Gasteiger partial charge in [-0.1, -0.05) is 48.9 Å². The van der Waals surface area contributed by atoms with E-state index in [0.717, 1.165) is 45.7 Å². The summed E-state index contributed by atoms with van der Waals surface area (Å²) in [6, 6.07) is 10.4. The minimum absolute atomic E-state index is 0.502. The van der Waals surface area contributed by atoms with Crippen molar-refractivity contribution in [1.29, 1.82) is 0 Å². The molecule has 2 aliphatic heterocycles. The van der Waals surface area contributed by atoms with E-state index in [-0.39, 0.29) is 0 Å². The molecule has 120 valence electrons. The Morgan fingerprint density at radius 3 is 2.55 bits per heavy atom. The number of nitrogens with zero attached hydrogens (tertiary/aromatic N) is 2. The van der Waals surface area contributed by atoms with Crippen LogP contribution < -0.4 is 0 Å². The number of hydrogen-bond donors (Lipinski definition) is 1. The van der Waals surface area contributed by atoms with Gasteiger partial charge in [-0.25, -0.2) is 0 Å². The van der Waals surface area contributed by atoms with Crippen molar-refractivity contribution in [2.24, 2.45) is 0 Å². The predicted octanol–water partition coefficient (Wildman–Crippen LogP) is 2.62. The molecule has 0 saturated carbocycles. The molecule has 3 heteroatoms. The predicted molar refractivity (Wildman–Crippen MR) is 91.8 cm³/mol. The minimum atomic E-state index is -0.502. The Hall–Kier alpha value is -1.16. The fourth-order valence-corrected chi connectivity index (χ4v) is 3.66. The van der Waals surface area contributed by atoms with Gasteiger partial charge >= 0.3 is 0 Å². The first kappa shape index (κ1) is 15.7. The number of benzene rings is 1. The van der Waals surface area contributed by atoms with E-state index in [9.17, 15) is 5.11 Å². The van der Waals surface area contributed by atoms with Crippen molar-refractivity contribution >= 4 is 6.08 Å². The van der Waals surface area contributed by atoms with Crippen molar-refractivity contribution in [3.8, 4) is 0 Å². The summed E-state index contributed by atoms with van der Waals surface area (Å²) >= 11 is 0. The van der Waals surface area contributed by atoms with Gasteiger partial charge in [0.15, 0.2) is 0 Å². The Morgan fingerprint density at radius 2 is 1.77 bits per heavy atom. The summed E-state index contributed by atoms with van der Waals surface area (Å²) in [5.74, 6) is 0. The number of rotatable bonds is 5. The fourth-order valence-electron chi connectivity index (χ4n) is 3.66. The van der Waals surface area contributed by atoms with Gasteiger partial charge in [0.2, 0.25) is 0 Å². The normalized spacial score (nSPS) is 27.7. The monoisotopic (exact) mass is 300 g/mol. The van der Waals surface area contributed by atoms with E-state index in [0.29, 0.717) is 0 Å². The highest BCUT2D eigenvalue weighted by Gasteiger charge is 2.37. The molecule has 0 amide bonds. The maximum absolute atomic E-state index is 10.8. The first-order valence-corrected chi connectivity index (χ1v) is 8.62. The van der Waals surface area contributed by atoms with Gasteiger partial charge in [0.1, 0.15) is 0 Å². The van der Waals surface area contributed by atoms with Crippen LogP contribution in [0.3, 0.4) is 0 Å². The fraction of sp³-hybridized carbons (Fsp3) is 0.579. The molecule has 0 aliphatic carbocycles. The van der Waals surface area contributed by atoms with Gasteiger partial charge in [0.25, 0.3) is 0 Å². The standard InChI is InChI=1S/C19H28N2O/c22-19(16-20-12-5-2-6-13-20)11-15-21(17-19)14-7-10-18-8-3-1-4-9-18/h1,3-4,7-10,22H,2,5-6,11-17H2/b10-7+/t19-/m1/s1. The van der Waals surface area contributed by atoms with Crippen LogP contribution in [0.4, 0.5) is 0 Å². The SMILES string of the molecule is O[C@@]1(CN2CCCCC2)CCN(C/C=C/c2ccccc2)C1. The van der Waals surface area contributed by atoms with Gasteiger partial charge in [-0.15, -0.1) is 0 Å². The maximum Gasteiger partial charge on any atom is 0.0912 e. The Bertz CT molecular complexity index is 481. The quantitative estimate of drug-likeness (QED) is 0.905. The molecule has 3 nitrogen and oxygen atoms in total. The lowest BCUT2D eigenvalue weighted by Gasteiger charge is -2.33. The zero-order chi connectivity index (χ0) is 15.3. The third-order valence-electron chi connectivity index (χ3n) is 4.85. The summed E-state index contributed by atoms with van der Waals surface area (Å²) in [4.78, 5) is 4.82. The molecular formula is C19H28N2O. The summed E-state index contributed by atoms with van der Waals surface area (Å²) in [6.45, 7) is 5.92. The van der Waals surface area contributed by atoms with E-state index in [2.05, 4.69) is 46.2 Å². The van der Waals surface area contributed by atoms with Crippen LogP contribution in [-0.4, -0.2) is 59.8 Å². The smallest absolute Gasteiger partial charge is 0.0912 e. The molecule has 22 heavy (non-hydrogen) atoms. The molecule has 0 unspecified atom stereocenters. The van der Waals surface area contributed by atoms with Gasteiger partial charge in [0.05, 0.1) is 5.60 Å². The lowest BCUT2D eigenvalue weighted by Crippen LogP contribution is -2.46. The minimum Gasteiger partial charge on any atom is -0.387 e. The topological polar surface area (TPSA) is 26.7 Å². The molecule has 2 saturated heterocycles.